The van der Waals surface area contributed by atoms with E-state index < -0.39 is 11.9 Å². The van der Waals surface area contributed by atoms with Crippen LogP contribution in [0.15, 0.2) is 24.3 Å². The SMILES string of the molecule is Cc1cc(C(=O)OCC(=O)N[C@H](C)c2ccc(Cl)cc2Cl)c(C)n1C1CC1. The summed E-state index contributed by atoms with van der Waals surface area (Å²) in [4.78, 5) is 24.5. The number of ether oxygens (including phenoxy) is 1. The predicted molar refractivity (Wildman–Crippen MR) is 105 cm³/mol. The van der Waals surface area contributed by atoms with Crippen molar-refractivity contribution in [3.63, 3.8) is 0 Å². The maximum absolute atomic E-state index is 12.4. The Balaban J connectivity index is 1.57. The molecule has 1 saturated carbocycles. The fourth-order valence-electron chi connectivity index (χ4n) is 3.30. The summed E-state index contributed by atoms with van der Waals surface area (Å²) < 4.78 is 7.37. The van der Waals surface area contributed by atoms with Gasteiger partial charge >= 0.3 is 5.97 Å². The number of amides is 1. The summed E-state index contributed by atoms with van der Waals surface area (Å²) in [6.07, 6.45) is 2.27. The molecule has 1 fully saturated rings. The number of halogens is 2. The minimum atomic E-state index is -0.484. The number of aryl methyl sites for hydroxylation is 1. The third-order valence-corrected chi connectivity index (χ3v) is 5.32. The molecule has 0 aliphatic heterocycles. The Morgan fingerprint density at radius 3 is 2.59 bits per heavy atom. The van der Waals surface area contributed by atoms with Crippen LogP contribution in [0.4, 0.5) is 0 Å². The largest absolute Gasteiger partial charge is 0.452 e. The second-order valence-corrected chi connectivity index (χ2v) is 7.76. The zero-order chi connectivity index (χ0) is 19.7. The monoisotopic (exact) mass is 408 g/mol. The van der Waals surface area contributed by atoms with Crippen molar-refractivity contribution in [2.45, 2.75) is 45.7 Å². The van der Waals surface area contributed by atoms with E-state index in [0.29, 0.717) is 21.7 Å². The molecule has 3 rings (SSSR count). The molecule has 1 aliphatic rings. The molecule has 1 atom stereocenters. The third-order valence-electron chi connectivity index (χ3n) is 4.76. The minimum Gasteiger partial charge on any atom is -0.452 e. The number of aromatic nitrogens is 1. The van der Waals surface area contributed by atoms with Gasteiger partial charge in [0.2, 0.25) is 0 Å². The molecule has 5 nitrogen and oxygen atoms in total. The normalized spacial score (nSPS) is 14.7. The van der Waals surface area contributed by atoms with Crippen molar-refractivity contribution in [1.29, 1.82) is 0 Å². The molecule has 0 saturated heterocycles. The lowest BCUT2D eigenvalue weighted by Gasteiger charge is -2.16. The molecule has 1 amide bonds. The Morgan fingerprint density at radius 2 is 1.96 bits per heavy atom. The van der Waals surface area contributed by atoms with Crippen molar-refractivity contribution in [3.05, 3.63) is 56.8 Å². The molecule has 0 radical (unpaired) electrons. The molecule has 0 unspecified atom stereocenters. The maximum Gasteiger partial charge on any atom is 0.340 e. The molecule has 1 aromatic heterocycles. The molecular weight excluding hydrogens is 387 g/mol. The Hall–Kier alpha value is -1.98. The minimum absolute atomic E-state index is 0.333. The van der Waals surface area contributed by atoms with E-state index in [0.717, 1.165) is 29.8 Å². The van der Waals surface area contributed by atoms with Gasteiger partial charge < -0.3 is 14.6 Å². The van der Waals surface area contributed by atoms with Gasteiger partial charge in [0, 0.05) is 27.5 Å². The summed E-state index contributed by atoms with van der Waals surface area (Å²) in [7, 11) is 0. The number of nitrogens with one attached hydrogen (secondary N) is 1. The summed E-state index contributed by atoms with van der Waals surface area (Å²) in [6.45, 7) is 5.35. The second-order valence-electron chi connectivity index (χ2n) is 6.92. The first-order chi connectivity index (χ1) is 12.8. The van der Waals surface area contributed by atoms with E-state index >= 15 is 0 Å². The van der Waals surface area contributed by atoms with Crippen LogP contribution in [-0.4, -0.2) is 23.1 Å². The molecule has 0 spiro atoms. The van der Waals surface area contributed by atoms with Gasteiger partial charge in [-0.15, -0.1) is 0 Å². The van der Waals surface area contributed by atoms with Crippen molar-refractivity contribution in [3.8, 4) is 0 Å². The van der Waals surface area contributed by atoms with E-state index in [1.54, 1.807) is 25.1 Å². The topological polar surface area (TPSA) is 60.3 Å². The summed E-state index contributed by atoms with van der Waals surface area (Å²) in [5.74, 6) is -0.875. The van der Waals surface area contributed by atoms with Crippen LogP contribution in [0.5, 0.6) is 0 Å². The molecule has 2 aromatic rings. The van der Waals surface area contributed by atoms with Gasteiger partial charge in [-0.05, 0) is 57.4 Å². The zero-order valence-corrected chi connectivity index (χ0v) is 17.0. The summed E-state index contributed by atoms with van der Waals surface area (Å²) in [5.41, 5.74) is 3.19. The highest BCUT2D eigenvalue weighted by molar-refractivity contribution is 6.35. The second kappa shape index (κ2) is 7.95. The quantitative estimate of drug-likeness (QED) is 0.699. The van der Waals surface area contributed by atoms with E-state index in [1.165, 1.54) is 0 Å². The van der Waals surface area contributed by atoms with Crippen LogP contribution in [0, 0.1) is 13.8 Å². The van der Waals surface area contributed by atoms with Gasteiger partial charge in [0.15, 0.2) is 6.61 Å². The number of hydrogen-bond donors (Lipinski definition) is 1. The highest BCUT2D eigenvalue weighted by Gasteiger charge is 2.29. The number of esters is 1. The number of carbonyl (C=O) groups excluding carboxylic acids is 2. The molecule has 27 heavy (non-hydrogen) atoms. The van der Waals surface area contributed by atoms with Crippen LogP contribution < -0.4 is 5.32 Å². The van der Waals surface area contributed by atoms with Gasteiger partial charge in [0.25, 0.3) is 5.91 Å². The highest BCUT2D eigenvalue weighted by atomic mass is 35.5. The first-order valence-electron chi connectivity index (χ1n) is 8.87. The maximum atomic E-state index is 12.4. The van der Waals surface area contributed by atoms with Crippen molar-refractivity contribution in [1.82, 2.24) is 9.88 Å². The average molecular weight is 409 g/mol. The lowest BCUT2D eigenvalue weighted by atomic mass is 10.1. The molecule has 1 aromatic carbocycles. The van der Waals surface area contributed by atoms with Gasteiger partial charge in [0.05, 0.1) is 11.6 Å². The Labute approximate surface area is 168 Å². The van der Waals surface area contributed by atoms with Crippen molar-refractivity contribution in [2.75, 3.05) is 6.61 Å². The van der Waals surface area contributed by atoms with Crippen LogP contribution in [0.2, 0.25) is 10.0 Å². The molecule has 144 valence electrons. The zero-order valence-electron chi connectivity index (χ0n) is 15.5. The van der Waals surface area contributed by atoms with E-state index in [-0.39, 0.29) is 12.6 Å². The van der Waals surface area contributed by atoms with Gasteiger partial charge in [0.1, 0.15) is 0 Å². The van der Waals surface area contributed by atoms with Gasteiger partial charge in [-0.2, -0.15) is 0 Å². The summed E-state index contributed by atoms with van der Waals surface area (Å²) >= 11 is 12.0. The van der Waals surface area contributed by atoms with Crippen LogP contribution in [0.3, 0.4) is 0 Å². The molecule has 7 heteroatoms. The molecule has 0 bridgehead atoms. The number of carbonyl (C=O) groups is 2. The van der Waals surface area contributed by atoms with Crippen molar-refractivity contribution in [2.24, 2.45) is 0 Å². The fraction of sp³-hybridized carbons (Fsp3) is 0.400. The van der Waals surface area contributed by atoms with Crippen LogP contribution in [-0.2, 0) is 9.53 Å². The number of benzene rings is 1. The molecule has 1 heterocycles. The standard InChI is InChI=1S/C20H22Cl2N2O3/c1-11-8-17(13(3)24(11)15-5-6-15)20(26)27-10-19(25)23-12(2)16-7-4-14(21)9-18(16)22/h4,7-9,12,15H,5-6,10H2,1-3H3,(H,23,25)/t12-/m1/s1. The Bertz CT molecular complexity index is 888. The van der Waals surface area contributed by atoms with Crippen LogP contribution in [0.1, 0.15) is 59.2 Å². The number of rotatable bonds is 6. The van der Waals surface area contributed by atoms with Gasteiger partial charge in [-0.1, -0.05) is 29.3 Å². The van der Waals surface area contributed by atoms with E-state index in [4.69, 9.17) is 27.9 Å². The predicted octanol–water partition coefficient (Wildman–Crippen LogP) is 4.78. The molecule has 1 aliphatic carbocycles. The van der Waals surface area contributed by atoms with E-state index in [2.05, 4.69) is 9.88 Å². The van der Waals surface area contributed by atoms with Crippen LogP contribution in [0.25, 0.3) is 0 Å². The summed E-state index contributed by atoms with van der Waals surface area (Å²) in [5, 5.41) is 3.77. The fourth-order valence-corrected chi connectivity index (χ4v) is 3.87. The third kappa shape index (κ3) is 4.47. The smallest absolute Gasteiger partial charge is 0.340 e. The lowest BCUT2D eigenvalue weighted by Crippen LogP contribution is -2.31. The van der Waals surface area contributed by atoms with Gasteiger partial charge in [-0.3, -0.25) is 4.79 Å². The first-order valence-corrected chi connectivity index (χ1v) is 9.63. The van der Waals surface area contributed by atoms with Crippen molar-refractivity contribution >= 4 is 35.1 Å². The molecule has 1 N–H and O–H groups in total. The first kappa shape index (κ1) is 19.8. The number of nitrogens with zero attached hydrogens (tertiary/aromatic N) is 1. The highest BCUT2D eigenvalue weighted by Crippen LogP contribution is 2.38. The van der Waals surface area contributed by atoms with Crippen molar-refractivity contribution < 1.29 is 14.3 Å². The Kier molecular flexibility index (Phi) is 5.82. The lowest BCUT2D eigenvalue weighted by molar-refractivity contribution is -0.124. The van der Waals surface area contributed by atoms with Crippen LogP contribution >= 0.6 is 23.2 Å². The Morgan fingerprint density at radius 1 is 1.26 bits per heavy atom. The molecular formula is C20H22Cl2N2O3. The number of hydrogen-bond acceptors (Lipinski definition) is 3. The summed E-state index contributed by atoms with van der Waals surface area (Å²) in [6, 6.07) is 7.07. The van der Waals surface area contributed by atoms with E-state index in [1.807, 2.05) is 19.9 Å². The van der Waals surface area contributed by atoms with Gasteiger partial charge in [-0.25, -0.2) is 4.79 Å². The van der Waals surface area contributed by atoms with E-state index in [9.17, 15) is 9.59 Å². The average Bonchev–Trinajstić information content (AvgIpc) is 3.37.